The zero-order chi connectivity index (χ0) is 13.1. The van der Waals surface area contributed by atoms with Crippen LogP contribution in [0.1, 0.15) is 17.9 Å². The van der Waals surface area contributed by atoms with Crippen LogP contribution < -0.4 is 0 Å². The molecule has 2 aromatic heterocycles. The highest BCUT2D eigenvalue weighted by molar-refractivity contribution is 8.01. The number of aliphatic hydroxyl groups excluding tert-OH is 1. The first-order valence-corrected chi connectivity index (χ1v) is 6.76. The summed E-state index contributed by atoms with van der Waals surface area (Å²) in [4.78, 5) is 15.2. The van der Waals surface area contributed by atoms with Crippen molar-refractivity contribution in [3.8, 4) is 0 Å². The largest absolute Gasteiger partial charge is 0.388 e. The lowest BCUT2D eigenvalue weighted by Crippen LogP contribution is -1.87. The Hall–Kier alpha value is -1.44. The van der Waals surface area contributed by atoms with Gasteiger partial charge >= 0.3 is 0 Å². The smallest absolute Gasteiger partial charge is 0.294 e. The third-order valence-electron chi connectivity index (χ3n) is 2.14. The second kappa shape index (κ2) is 5.47. The molecule has 0 aliphatic carbocycles. The summed E-state index contributed by atoms with van der Waals surface area (Å²) in [6.45, 7) is 1.59. The molecule has 0 bridgehead atoms. The first-order valence-electron chi connectivity index (χ1n) is 5.13. The first-order chi connectivity index (χ1) is 8.58. The van der Waals surface area contributed by atoms with Crippen molar-refractivity contribution >= 4 is 28.8 Å². The van der Waals surface area contributed by atoms with Crippen LogP contribution in [0.25, 0.3) is 0 Å². The lowest BCUT2D eigenvalue weighted by molar-refractivity contribution is -0.387. The van der Waals surface area contributed by atoms with Crippen molar-refractivity contribution < 1.29 is 10.0 Å². The number of aromatic nitrogens is 1. The van der Waals surface area contributed by atoms with E-state index in [9.17, 15) is 15.2 Å². The van der Waals surface area contributed by atoms with Crippen LogP contribution in [0.3, 0.4) is 0 Å². The molecule has 1 N–H and O–H groups in total. The van der Waals surface area contributed by atoms with Crippen LogP contribution in [0, 0.1) is 10.1 Å². The monoisotopic (exact) mass is 282 g/mol. The molecule has 7 heteroatoms. The van der Waals surface area contributed by atoms with Crippen LogP contribution in [-0.2, 0) is 0 Å². The summed E-state index contributed by atoms with van der Waals surface area (Å²) in [5, 5.41) is 21.1. The molecule has 0 fully saturated rings. The Bertz CT molecular complexity index is 555. The van der Waals surface area contributed by atoms with Gasteiger partial charge in [-0.25, -0.2) is 4.98 Å². The summed E-state index contributed by atoms with van der Waals surface area (Å²) < 4.78 is 0.537. The number of hydrogen-bond acceptors (Lipinski definition) is 6. The Morgan fingerprint density at radius 1 is 1.56 bits per heavy atom. The van der Waals surface area contributed by atoms with E-state index in [1.165, 1.54) is 29.2 Å². The number of pyridine rings is 1. The second-order valence-electron chi connectivity index (χ2n) is 3.52. The summed E-state index contributed by atoms with van der Waals surface area (Å²) >= 11 is 2.46. The van der Waals surface area contributed by atoms with Gasteiger partial charge in [0.05, 0.1) is 11.0 Å². The van der Waals surface area contributed by atoms with E-state index in [4.69, 9.17) is 0 Å². The lowest BCUT2D eigenvalue weighted by atomic mass is 10.3. The van der Waals surface area contributed by atoms with Crippen molar-refractivity contribution in [1.29, 1.82) is 0 Å². The molecule has 0 aromatic carbocycles. The Kier molecular flexibility index (Phi) is 3.95. The first kappa shape index (κ1) is 13.0. The summed E-state index contributed by atoms with van der Waals surface area (Å²) in [6, 6.07) is 6.81. The third kappa shape index (κ3) is 2.87. The summed E-state index contributed by atoms with van der Waals surface area (Å²) in [6.07, 6.45) is 0.934. The zero-order valence-electron chi connectivity index (χ0n) is 9.44. The van der Waals surface area contributed by atoms with E-state index < -0.39 is 11.0 Å². The SMILES string of the molecule is CC(O)c1cc([N+](=O)[O-])c(Sc2ccccn2)s1. The standard InChI is InChI=1S/C11H10N2O3S2/c1-7(14)9-6-8(13(15)16)11(17-9)18-10-4-2-3-5-12-10/h2-7,14H,1H3. The summed E-state index contributed by atoms with van der Waals surface area (Å²) in [5.41, 5.74) is 0.0200. The Balaban J connectivity index is 2.34. The molecule has 18 heavy (non-hydrogen) atoms. The van der Waals surface area contributed by atoms with Crippen molar-refractivity contribution in [2.45, 2.75) is 22.3 Å². The number of thiophene rings is 1. The molecular formula is C11H10N2O3S2. The molecule has 2 rings (SSSR count). The quantitative estimate of drug-likeness (QED) is 0.688. The summed E-state index contributed by atoms with van der Waals surface area (Å²) in [7, 11) is 0. The third-order valence-corrected chi connectivity index (χ3v) is 4.58. The van der Waals surface area contributed by atoms with Gasteiger partial charge in [-0.15, -0.1) is 11.3 Å². The molecule has 0 saturated heterocycles. The normalized spacial score (nSPS) is 12.3. The second-order valence-corrected chi connectivity index (χ2v) is 5.90. The minimum Gasteiger partial charge on any atom is -0.388 e. The fourth-order valence-electron chi connectivity index (χ4n) is 1.29. The molecule has 0 aliphatic heterocycles. The summed E-state index contributed by atoms with van der Waals surface area (Å²) in [5.74, 6) is 0. The van der Waals surface area contributed by atoms with Crippen LogP contribution in [0.5, 0.6) is 0 Å². The Labute approximate surface area is 112 Å². The number of hydrogen-bond donors (Lipinski definition) is 1. The van der Waals surface area contributed by atoms with Gasteiger partial charge in [-0.05, 0) is 19.1 Å². The van der Waals surface area contributed by atoms with Gasteiger partial charge in [-0.2, -0.15) is 0 Å². The highest BCUT2D eigenvalue weighted by Crippen LogP contribution is 2.42. The van der Waals surface area contributed by atoms with E-state index in [0.717, 1.165) is 0 Å². The molecule has 2 aromatic rings. The van der Waals surface area contributed by atoms with Gasteiger partial charge in [0.15, 0.2) is 0 Å². The maximum Gasteiger partial charge on any atom is 0.294 e. The van der Waals surface area contributed by atoms with E-state index in [2.05, 4.69) is 4.98 Å². The highest BCUT2D eigenvalue weighted by atomic mass is 32.2. The zero-order valence-corrected chi connectivity index (χ0v) is 11.1. The van der Waals surface area contributed by atoms with Gasteiger partial charge in [0, 0.05) is 17.1 Å². The minimum absolute atomic E-state index is 0.0200. The van der Waals surface area contributed by atoms with Crippen molar-refractivity contribution in [2.75, 3.05) is 0 Å². The average molecular weight is 282 g/mol. The molecule has 1 unspecified atom stereocenters. The highest BCUT2D eigenvalue weighted by Gasteiger charge is 2.22. The predicted molar refractivity (Wildman–Crippen MR) is 70.0 cm³/mol. The van der Waals surface area contributed by atoms with Gasteiger partial charge in [0.25, 0.3) is 5.69 Å². The van der Waals surface area contributed by atoms with E-state index in [-0.39, 0.29) is 5.69 Å². The topological polar surface area (TPSA) is 76.3 Å². The molecule has 0 radical (unpaired) electrons. The lowest BCUT2D eigenvalue weighted by Gasteiger charge is -1.97. The molecule has 2 heterocycles. The molecule has 1 atom stereocenters. The van der Waals surface area contributed by atoms with Crippen LogP contribution >= 0.6 is 23.1 Å². The number of aliphatic hydroxyl groups is 1. The molecule has 0 amide bonds. The minimum atomic E-state index is -0.702. The number of nitro groups is 1. The Morgan fingerprint density at radius 3 is 2.89 bits per heavy atom. The molecule has 94 valence electrons. The van der Waals surface area contributed by atoms with E-state index in [1.54, 1.807) is 25.3 Å². The van der Waals surface area contributed by atoms with Crippen molar-refractivity contribution in [2.24, 2.45) is 0 Å². The van der Waals surface area contributed by atoms with Gasteiger partial charge < -0.3 is 5.11 Å². The average Bonchev–Trinajstić information content (AvgIpc) is 2.74. The van der Waals surface area contributed by atoms with Gasteiger partial charge in [-0.1, -0.05) is 17.8 Å². The van der Waals surface area contributed by atoms with Gasteiger partial charge in [-0.3, -0.25) is 10.1 Å². The van der Waals surface area contributed by atoms with Crippen LogP contribution in [0.15, 0.2) is 39.7 Å². The number of nitrogens with zero attached hydrogens (tertiary/aromatic N) is 2. The maximum atomic E-state index is 10.9. The van der Waals surface area contributed by atoms with Crippen molar-refractivity contribution in [3.63, 3.8) is 0 Å². The van der Waals surface area contributed by atoms with Crippen molar-refractivity contribution in [3.05, 3.63) is 45.5 Å². The molecule has 0 aliphatic rings. The van der Waals surface area contributed by atoms with E-state index in [1.807, 2.05) is 6.07 Å². The van der Waals surface area contributed by atoms with E-state index >= 15 is 0 Å². The van der Waals surface area contributed by atoms with Gasteiger partial charge in [0.1, 0.15) is 9.24 Å². The molecule has 0 spiro atoms. The van der Waals surface area contributed by atoms with Crippen LogP contribution in [-0.4, -0.2) is 15.0 Å². The molecule has 5 nitrogen and oxygen atoms in total. The fourth-order valence-corrected chi connectivity index (χ4v) is 3.48. The maximum absolute atomic E-state index is 10.9. The molecular weight excluding hydrogens is 272 g/mol. The predicted octanol–water partition coefficient (Wildman–Crippen LogP) is 3.26. The number of rotatable bonds is 4. The Morgan fingerprint density at radius 2 is 2.33 bits per heavy atom. The van der Waals surface area contributed by atoms with E-state index in [0.29, 0.717) is 14.1 Å². The molecule has 0 saturated carbocycles. The van der Waals surface area contributed by atoms with Crippen LogP contribution in [0.2, 0.25) is 0 Å². The van der Waals surface area contributed by atoms with Crippen LogP contribution in [0.4, 0.5) is 5.69 Å². The van der Waals surface area contributed by atoms with Crippen molar-refractivity contribution in [1.82, 2.24) is 4.98 Å². The fraction of sp³-hybridized carbons (Fsp3) is 0.182. The van der Waals surface area contributed by atoms with Gasteiger partial charge in [0.2, 0.25) is 0 Å².